The Bertz CT molecular complexity index is 790. The molecule has 0 atom stereocenters. The highest BCUT2D eigenvalue weighted by molar-refractivity contribution is 6.01. The molecule has 0 bridgehead atoms. The summed E-state index contributed by atoms with van der Waals surface area (Å²) in [6, 6.07) is 8.38. The van der Waals surface area contributed by atoms with Gasteiger partial charge in [0.1, 0.15) is 17.3 Å². The molecule has 0 aliphatic carbocycles. The molecule has 7 nitrogen and oxygen atoms in total. The van der Waals surface area contributed by atoms with Crippen molar-refractivity contribution in [1.29, 1.82) is 0 Å². The number of carbonyl (C=O) groups excluding carboxylic acids is 2. The largest absolute Gasteiger partial charge is 0.550 e. The van der Waals surface area contributed by atoms with Crippen LogP contribution in [0.3, 0.4) is 0 Å². The average molecular weight is 343 g/mol. The van der Waals surface area contributed by atoms with Crippen LogP contribution in [0.4, 0.5) is 0 Å². The van der Waals surface area contributed by atoms with Gasteiger partial charge in [0.25, 0.3) is 5.91 Å². The normalized spacial score (nSPS) is 11.2. The first-order valence-electron chi connectivity index (χ1n) is 7.69. The smallest absolute Gasteiger partial charge is 0.271 e. The zero-order valence-electron chi connectivity index (χ0n) is 14.3. The Kier molecular flexibility index (Phi) is 5.94. The highest BCUT2D eigenvalue weighted by Crippen LogP contribution is 2.17. The summed E-state index contributed by atoms with van der Waals surface area (Å²) >= 11 is 0. The highest BCUT2D eigenvalue weighted by Gasteiger charge is 2.11. The number of rotatable bonds is 7. The van der Waals surface area contributed by atoms with Crippen LogP contribution in [0, 0.1) is 6.92 Å². The second kappa shape index (κ2) is 8.14. The van der Waals surface area contributed by atoms with E-state index in [0.717, 1.165) is 0 Å². The molecule has 132 valence electrons. The molecule has 2 aromatic rings. The second-order valence-electron chi connectivity index (χ2n) is 5.42. The quantitative estimate of drug-likeness (QED) is 0.605. The molecular formula is C18H19N2O5-. The Labute approximate surface area is 145 Å². The lowest BCUT2D eigenvalue weighted by molar-refractivity contribution is -0.305. The third kappa shape index (κ3) is 4.94. The standard InChI is InChI=1S/C18H20N2O5/c1-11(16-10-15(25-12(16)2)8-9-17(21)22)19-20-18(23)13-4-6-14(24-3)7-5-13/h4-7,10H,8-9H2,1-3H3,(H,20,23)(H,21,22)/p-1/b19-11-. The molecule has 0 radical (unpaired) electrons. The van der Waals surface area contributed by atoms with Gasteiger partial charge in [-0.1, -0.05) is 0 Å². The van der Waals surface area contributed by atoms with E-state index in [1.807, 2.05) is 0 Å². The summed E-state index contributed by atoms with van der Waals surface area (Å²) in [5.74, 6) is 0.323. The number of hydrogen-bond donors (Lipinski definition) is 1. The SMILES string of the molecule is COc1ccc(C(=O)N/N=C(/C)c2cc(CCC(=O)[O-])oc2C)cc1. The lowest BCUT2D eigenvalue weighted by Gasteiger charge is -2.03. The number of amides is 1. The number of carboxylic acids is 1. The lowest BCUT2D eigenvalue weighted by Crippen LogP contribution is -2.22. The van der Waals surface area contributed by atoms with E-state index in [9.17, 15) is 14.7 Å². The molecule has 2 rings (SSSR count). The van der Waals surface area contributed by atoms with Crippen LogP contribution in [0.15, 0.2) is 39.9 Å². The van der Waals surface area contributed by atoms with E-state index >= 15 is 0 Å². The van der Waals surface area contributed by atoms with Gasteiger partial charge in [-0.3, -0.25) is 4.79 Å². The third-order valence-corrected chi connectivity index (χ3v) is 3.61. The summed E-state index contributed by atoms with van der Waals surface area (Å²) in [7, 11) is 1.55. The predicted octanol–water partition coefficient (Wildman–Crippen LogP) is 1.43. The van der Waals surface area contributed by atoms with Crippen LogP contribution in [-0.2, 0) is 11.2 Å². The summed E-state index contributed by atoms with van der Waals surface area (Å²) in [6.07, 6.45) is 0.130. The van der Waals surface area contributed by atoms with Gasteiger partial charge < -0.3 is 19.1 Å². The van der Waals surface area contributed by atoms with Crippen molar-refractivity contribution in [3.05, 3.63) is 53.0 Å². The van der Waals surface area contributed by atoms with Crippen molar-refractivity contribution >= 4 is 17.6 Å². The van der Waals surface area contributed by atoms with Gasteiger partial charge in [0.15, 0.2) is 0 Å². The molecule has 1 N–H and O–H groups in total. The molecular weight excluding hydrogens is 324 g/mol. The second-order valence-corrected chi connectivity index (χ2v) is 5.42. The molecule has 0 unspecified atom stereocenters. The fourth-order valence-electron chi connectivity index (χ4n) is 2.25. The van der Waals surface area contributed by atoms with Crippen molar-refractivity contribution in [2.24, 2.45) is 5.10 Å². The first kappa shape index (κ1) is 18.3. The Morgan fingerprint density at radius 2 is 1.96 bits per heavy atom. The number of hydrazone groups is 1. The number of hydrogen-bond acceptors (Lipinski definition) is 6. The van der Waals surface area contributed by atoms with Crippen molar-refractivity contribution in [1.82, 2.24) is 5.43 Å². The summed E-state index contributed by atoms with van der Waals surface area (Å²) < 4.78 is 10.5. The Morgan fingerprint density at radius 3 is 2.56 bits per heavy atom. The maximum absolute atomic E-state index is 12.1. The van der Waals surface area contributed by atoms with Crippen LogP contribution < -0.4 is 15.3 Å². The number of benzene rings is 1. The lowest BCUT2D eigenvalue weighted by atomic mass is 10.1. The van der Waals surface area contributed by atoms with E-state index in [1.54, 1.807) is 51.3 Å². The minimum absolute atomic E-state index is 0.114. The third-order valence-electron chi connectivity index (χ3n) is 3.61. The zero-order valence-corrected chi connectivity index (χ0v) is 14.3. The molecule has 0 fully saturated rings. The van der Waals surface area contributed by atoms with Crippen molar-refractivity contribution in [2.45, 2.75) is 26.7 Å². The number of carbonyl (C=O) groups is 2. The van der Waals surface area contributed by atoms with Crippen LogP contribution >= 0.6 is 0 Å². The van der Waals surface area contributed by atoms with E-state index in [0.29, 0.717) is 34.1 Å². The number of carboxylic acid groups (broad SMARTS) is 1. The molecule has 1 aromatic carbocycles. The highest BCUT2D eigenvalue weighted by atomic mass is 16.5. The van der Waals surface area contributed by atoms with Gasteiger partial charge in [-0.15, -0.1) is 0 Å². The van der Waals surface area contributed by atoms with E-state index in [-0.39, 0.29) is 18.7 Å². The van der Waals surface area contributed by atoms with Crippen LogP contribution in [-0.4, -0.2) is 24.7 Å². The van der Waals surface area contributed by atoms with Gasteiger partial charge in [0, 0.05) is 23.5 Å². The zero-order chi connectivity index (χ0) is 18.4. The number of aryl methyl sites for hydroxylation is 2. The molecule has 0 aliphatic heterocycles. The number of aliphatic carboxylic acids is 1. The molecule has 0 saturated carbocycles. The fourth-order valence-corrected chi connectivity index (χ4v) is 2.25. The number of furan rings is 1. The van der Waals surface area contributed by atoms with Gasteiger partial charge in [0.2, 0.25) is 0 Å². The number of nitrogens with zero attached hydrogens (tertiary/aromatic N) is 1. The van der Waals surface area contributed by atoms with E-state index in [1.165, 1.54) is 0 Å². The first-order valence-corrected chi connectivity index (χ1v) is 7.69. The fraction of sp³-hybridized carbons (Fsp3) is 0.278. The minimum Gasteiger partial charge on any atom is -0.550 e. The number of nitrogens with one attached hydrogen (secondary N) is 1. The summed E-state index contributed by atoms with van der Waals surface area (Å²) in [5, 5.41) is 14.6. The van der Waals surface area contributed by atoms with Gasteiger partial charge >= 0.3 is 0 Å². The van der Waals surface area contributed by atoms with Crippen molar-refractivity contribution < 1.29 is 23.8 Å². The number of ether oxygens (including phenoxy) is 1. The van der Waals surface area contributed by atoms with Crippen molar-refractivity contribution in [3.8, 4) is 5.75 Å². The molecule has 0 spiro atoms. The van der Waals surface area contributed by atoms with E-state index in [4.69, 9.17) is 9.15 Å². The van der Waals surface area contributed by atoms with Gasteiger partial charge in [-0.25, -0.2) is 5.43 Å². The molecule has 7 heteroatoms. The predicted molar refractivity (Wildman–Crippen MR) is 89.4 cm³/mol. The Balaban J connectivity index is 2.05. The summed E-state index contributed by atoms with van der Waals surface area (Å²) in [4.78, 5) is 22.6. The van der Waals surface area contributed by atoms with E-state index < -0.39 is 5.97 Å². The first-order chi connectivity index (χ1) is 11.9. The topological polar surface area (TPSA) is 104 Å². The molecule has 1 heterocycles. The van der Waals surface area contributed by atoms with Gasteiger partial charge in [-0.2, -0.15) is 5.10 Å². The minimum atomic E-state index is -1.13. The van der Waals surface area contributed by atoms with Crippen LogP contribution in [0.2, 0.25) is 0 Å². The summed E-state index contributed by atoms with van der Waals surface area (Å²) in [6.45, 7) is 3.48. The monoisotopic (exact) mass is 343 g/mol. The van der Waals surface area contributed by atoms with Crippen LogP contribution in [0.1, 0.15) is 40.8 Å². The Hall–Kier alpha value is -3.09. The molecule has 0 saturated heterocycles. The molecule has 1 amide bonds. The maximum atomic E-state index is 12.1. The Morgan fingerprint density at radius 1 is 1.28 bits per heavy atom. The van der Waals surface area contributed by atoms with Gasteiger partial charge in [-0.05, 0) is 50.6 Å². The van der Waals surface area contributed by atoms with Crippen molar-refractivity contribution in [2.75, 3.05) is 7.11 Å². The van der Waals surface area contributed by atoms with Crippen LogP contribution in [0.25, 0.3) is 0 Å². The van der Waals surface area contributed by atoms with Gasteiger partial charge in [0.05, 0.1) is 12.8 Å². The molecule has 1 aromatic heterocycles. The van der Waals surface area contributed by atoms with E-state index in [2.05, 4.69) is 10.5 Å². The maximum Gasteiger partial charge on any atom is 0.271 e. The molecule has 25 heavy (non-hydrogen) atoms. The number of methoxy groups -OCH3 is 1. The average Bonchev–Trinajstić information content (AvgIpc) is 2.98. The van der Waals surface area contributed by atoms with Crippen molar-refractivity contribution in [3.63, 3.8) is 0 Å². The molecule has 0 aliphatic rings. The van der Waals surface area contributed by atoms with Crippen LogP contribution in [0.5, 0.6) is 5.75 Å². The summed E-state index contributed by atoms with van der Waals surface area (Å²) in [5.41, 5.74) is 4.21.